The number of aromatic nitrogens is 3. The predicted molar refractivity (Wildman–Crippen MR) is 92.8 cm³/mol. The summed E-state index contributed by atoms with van der Waals surface area (Å²) < 4.78 is 1.70. The van der Waals surface area contributed by atoms with Gasteiger partial charge >= 0.3 is 6.03 Å². The molecule has 0 aliphatic heterocycles. The third kappa shape index (κ3) is 5.34. The average molecular weight is 331 g/mol. The topological polar surface area (TPSA) is 92.1 Å². The molecule has 2 aromatic heterocycles. The van der Waals surface area contributed by atoms with Crippen molar-refractivity contribution in [3.63, 3.8) is 0 Å². The summed E-state index contributed by atoms with van der Waals surface area (Å²) in [6.45, 7) is 6.35. The monoisotopic (exact) mass is 331 g/mol. The summed E-state index contributed by atoms with van der Waals surface area (Å²) in [5, 5.41) is 19.4. The lowest BCUT2D eigenvalue weighted by Crippen LogP contribution is -2.41. The standard InChI is InChI=1S/C17H25N5O2/c1-12(2)8-15(11-23)19-17(24)20-16-9-13(3)21-22(16)10-14-6-4-5-7-18-14/h4-7,9,12,15,23H,8,10-11H2,1-3H3,(H2,19,20,24). The maximum atomic E-state index is 12.2. The Bertz CT molecular complexity index is 654. The molecule has 0 saturated carbocycles. The molecule has 2 aromatic rings. The number of carbonyl (C=O) groups is 1. The molecule has 0 fully saturated rings. The normalized spacial score (nSPS) is 12.2. The third-order valence-electron chi connectivity index (χ3n) is 3.49. The number of hydrogen-bond donors (Lipinski definition) is 3. The molecular formula is C17H25N5O2. The summed E-state index contributed by atoms with van der Waals surface area (Å²) in [6, 6.07) is 6.87. The minimum absolute atomic E-state index is 0.0855. The van der Waals surface area contributed by atoms with E-state index in [0.29, 0.717) is 18.3 Å². The van der Waals surface area contributed by atoms with Crippen LogP contribution in [0.3, 0.4) is 0 Å². The summed E-state index contributed by atoms with van der Waals surface area (Å²) in [4.78, 5) is 16.5. The van der Waals surface area contributed by atoms with Gasteiger partial charge in [0.1, 0.15) is 5.82 Å². The zero-order valence-electron chi connectivity index (χ0n) is 14.4. The van der Waals surface area contributed by atoms with Gasteiger partial charge in [0.2, 0.25) is 0 Å². The van der Waals surface area contributed by atoms with Crippen molar-refractivity contribution in [3.05, 3.63) is 41.9 Å². The number of pyridine rings is 1. The van der Waals surface area contributed by atoms with Crippen molar-refractivity contribution in [1.82, 2.24) is 20.1 Å². The fraction of sp³-hybridized carbons (Fsp3) is 0.471. The summed E-state index contributed by atoms with van der Waals surface area (Å²) >= 11 is 0. The number of nitrogens with zero attached hydrogens (tertiary/aromatic N) is 3. The molecule has 130 valence electrons. The summed E-state index contributed by atoms with van der Waals surface area (Å²) in [6.07, 6.45) is 2.44. The number of aliphatic hydroxyl groups excluding tert-OH is 1. The molecule has 0 aliphatic rings. The van der Waals surface area contributed by atoms with Gasteiger partial charge in [-0.15, -0.1) is 0 Å². The number of amides is 2. The van der Waals surface area contributed by atoms with E-state index in [-0.39, 0.29) is 18.7 Å². The van der Waals surface area contributed by atoms with E-state index < -0.39 is 0 Å². The summed E-state index contributed by atoms with van der Waals surface area (Å²) in [5.74, 6) is 0.983. The highest BCUT2D eigenvalue weighted by atomic mass is 16.3. The van der Waals surface area contributed by atoms with Crippen LogP contribution in [-0.2, 0) is 6.54 Å². The fourth-order valence-electron chi connectivity index (χ4n) is 2.50. The Labute approximate surface area is 142 Å². The van der Waals surface area contributed by atoms with Crippen LogP contribution < -0.4 is 10.6 Å². The van der Waals surface area contributed by atoms with E-state index in [1.54, 1.807) is 16.9 Å². The lowest BCUT2D eigenvalue weighted by molar-refractivity contribution is 0.214. The Hall–Kier alpha value is -2.41. The molecule has 0 bridgehead atoms. The predicted octanol–water partition coefficient (Wildman–Crippen LogP) is 2.16. The molecule has 0 aliphatic carbocycles. The van der Waals surface area contributed by atoms with E-state index in [2.05, 4.69) is 20.7 Å². The number of rotatable bonds is 7. The summed E-state index contributed by atoms with van der Waals surface area (Å²) in [7, 11) is 0. The first-order valence-electron chi connectivity index (χ1n) is 8.10. The molecule has 7 heteroatoms. The first-order valence-corrected chi connectivity index (χ1v) is 8.10. The lowest BCUT2D eigenvalue weighted by atomic mass is 10.0. The van der Waals surface area contributed by atoms with E-state index in [1.165, 1.54) is 0 Å². The SMILES string of the molecule is Cc1cc(NC(=O)NC(CO)CC(C)C)n(Cc2ccccn2)n1. The van der Waals surface area contributed by atoms with Gasteiger partial charge in [-0.25, -0.2) is 9.48 Å². The van der Waals surface area contributed by atoms with Gasteiger partial charge < -0.3 is 10.4 Å². The molecule has 0 radical (unpaired) electrons. The fourth-order valence-corrected chi connectivity index (χ4v) is 2.50. The molecule has 2 rings (SSSR count). The zero-order chi connectivity index (χ0) is 17.5. The van der Waals surface area contributed by atoms with Crippen LogP contribution in [0.1, 0.15) is 31.7 Å². The molecule has 1 unspecified atom stereocenters. The Morgan fingerprint density at radius 1 is 1.38 bits per heavy atom. The van der Waals surface area contributed by atoms with Crippen LogP contribution in [0, 0.1) is 12.8 Å². The molecule has 3 N–H and O–H groups in total. The second-order valence-electron chi connectivity index (χ2n) is 6.26. The Morgan fingerprint density at radius 3 is 2.79 bits per heavy atom. The number of aliphatic hydroxyl groups is 1. The maximum absolute atomic E-state index is 12.2. The molecule has 1 atom stereocenters. The van der Waals surface area contributed by atoms with E-state index in [9.17, 15) is 9.90 Å². The number of carbonyl (C=O) groups excluding carboxylic acids is 1. The first kappa shape index (κ1) is 17.9. The van der Waals surface area contributed by atoms with Gasteiger partial charge in [0.25, 0.3) is 0 Å². The molecule has 2 heterocycles. The van der Waals surface area contributed by atoms with Crippen LogP contribution in [-0.4, -0.2) is 38.6 Å². The van der Waals surface area contributed by atoms with E-state index in [1.807, 2.05) is 39.0 Å². The molecule has 0 saturated heterocycles. The van der Waals surface area contributed by atoms with Crippen LogP contribution in [0.25, 0.3) is 0 Å². The van der Waals surface area contributed by atoms with Crippen molar-refractivity contribution in [3.8, 4) is 0 Å². The van der Waals surface area contributed by atoms with Gasteiger partial charge in [-0.05, 0) is 31.4 Å². The highest BCUT2D eigenvalue weighted by Gasteiger charge is 2.15. The lowest BCUT2D eigenvalue weighted by Gasteiger charge is -2.18. The van der Waals surface area contributed by atoms with Gasteiger partial charge in [0.15, 0.2) is 0 Å². The number of urea groups is 1. The Kier molecular flexibility index (Phi) is 6.31. The molecular weight excluding hydrogens is 306 g/mol. The van der Waals surface area contributed by atoms with E-state index in [4.69, 9.17) is 0 Å². The molecule has 7 nitrogen and oxygen atoms in total. The number of nitrogens with one attached hydrogen (secondary N) is 2. The van der Waals surface area contributed by atoms with Crippen molar-refractivity contribution < 1.29 is 9.90 Å². The van der Waals surface area contributed by atoms with Crippen molar-refractivity contribution in [2.45, 2.75) is 39.8 Å². The number of aryl methyl sites for hydroxylation is 1. The van der Waals surface area contributed by atoms with E-state index >= 15 is 0 Å². The van der Waals surface area contributed by atoms with Gasteiger partial charge in [-0.2, -0.15) is 5.10 Å². The molecule has 24 heavy (non-hydrogen) atoms. The number of hydrogen-bond acceptors (Lipinski definition) is 4. The highest BCUT2D eigenvalue weighted by Crippen LogP contribution is 2.12. The van der Waals surface area contributed by atoms with Crippen LogP contribution in [0.4, 0.5) is 10.6 Å². The van der Waals surface area contributed by atoms with Gasteiger partial charge in [0.05, 0.1) is 30.6 Å². The quantitative estimate of drug-likeness (QED) is 0.725. The second kappa shape index (κ2) is 8.44. The minimum atomic E-state index is -0.350. The van der Waals surface area contributed by atoms with Gasteiger partial charge in [-0.3, -0.25) is 10.3 Å². The zero-order valence-corrected chi connectivity index (χ0v) is 14.4. The highest BCUT2D eigenvalue weighted by molar-refractivity contribution is 5.88. The van der Waals surface area contributed by atoms with Crippen LogP contribution in [0.5, 0.6) is 0 Å². The van der Waals surface area contributed by atoms with Crippen molar-refractivity contribution in [2.24, 2.45) is 5.92 Å². The smallest absolute Gasteiger partial charge is 0.320 e. The van der Waals surface area contributed by atoms with Gasteiger partial charge in [-0.1, -0.05) is 19.9 Å². The number of anilines is 1. The largest absolute Gasteiger partial charge is 0.394 e. The van der Waals surface area contributed by atoms with E-state index in [0.717, 1.165) is 17.8 Å². The summed E-state index contributed by atoms with van der Waals surface area (Å²) in [5.41, 5.74) is 1.67. The molecule has 0 aromatic carbocycles. The minimum Gasteiger partial charge on any atom is -0.394 e. The van der Waals surface area contributed by atoms with Gasteiger partial charge in [0, 0.05) is 12.3 Å². The average Bonchev–Trinajstić information content (AvgIpc) is 2.86. The molecule has 2 amide bonds. The first-order chi connectivity index (χ1) is 11.5. The van der Waals surface area contributed by atoms with Crippen molar-refractivity contribution in [1.29, 1.82) is 0 Å². The Morgan fingerprint density at radius 2 is 2.17 bits per heavy atom. The Balaban J connectivity index is 2.02. The van der Waals surface area contributed by atoms with Crippen LogP contribution in [0.2, 0.25) is 0 Å². The molecule has 0 spiro atoms. The van der Waals surface area contributed by atoms with Crippen molar-refractivity contribution in [2.75, 3.05) is 11.9 Å². The van der Waals surface area contributed by atoms with Crippen molar-refractivity contribution >= 4 is 11.8 Å². The third-order valence-corrected chi connectivity index (χ3v) is 3.49. The van der Waals surface area contributed by atoms with Crippen LogP contribution >= 0.6 is 0 Å². The second-order valence-corrected chi connectivity index (χ2v) is 6.26. The van der Waals surface area contributed by atoms with Crippen LogP contribution in [0.15, 0.2) is 30.5 Å². The maximum Gasteiger partial charge on any atom is 0.320 e.